The van der Waals surface area contributed by atoms with Crippen LogP contribution in [0, 0.1) is 6.92 Å². The first-order valence-corrected chi connectivity index (χ1v) is 12.8. The molecule has 0 saturated carbocycles. The molecule has 1 aromatic carbocycles. The SMILES string of the molecule is C=C(c1ccc(C2=C(O)CCC2=O)cn1)c1cc2c(cc1C)C(C)(C)CCC2(C)C.CC.CC. The third-order valence-corrected chi connectivity index (χ3v) is 7.04. The number of carbonyl (C=O) groups is 1. The van der Waals surface area contributed by atoms with Gasteiger partial charge in [0.2, 0.25) is 0 Å². The smallest absolute Gasteiger partial charge is 0.167 e. The van der Waals surface area contributed by atoms with Crippen LogP contribution in [0.3, 0.4) is 0 Å². The van der Waals surface area contributed by atoms with E-state index in [1.165, 1.54) is 29.5 Å². The molecule has 0 unspecified atom stereocenters. The fraction of sp³-hybridized carbons (Fsp3) is 0.484. The Balaban J connectivity index is 0.000000970. The highest BCUT2D eigenvalue weighted by molar-refractivity contribution is 6.23. The molecule has 0 radical (unpaired) electrons. The zero-order valence-corrected chi connectivity index (χ0v) is 22.7. The number of fused-ring (bicyclic) bond motifs is 1. The lowest BCUT2D eigenvalue weighted by molar-refractivity contribution is -0.113. The van der Waals surface area contributed by atoms with E-state index in [0.717, 1.165) is 16.8 Å². The predicted octanol–water partition coefficient (Wildman–Crippen LogP) is 8.48. The minimum absolute atomic E-state index is 0.0174. The Kier molecular flexibility index (Phi) is 8.69. The van der Waals surface area contributed by atoms with E-state index in [1.807, 2.05) is 39.8 Å². The van der Waals surface area contributed by atoms with Crippen LogP contribution < -0.4 is 0 Å². The largest absolute Gasteiger partial charge is 0.512 e. The van der Waals surface area contributed by atoms with Gasteiger partial charge in [0.15, 0.2) is 5.78 Å². The zero-order valence-electron chi connectivity index (χ0n) is 22.7. The molecule has 0 spiro atoms. The van der Waals surface area contributed by atoms with Crippen molar-refractivity contribution in [3.63, 3.8) is 0 Å². The molecule has 4 rings (SSSR count). The molecule has 3 heteroatoms. The second-order valence-corrected chi connectivity index (χ2v) is 10.1. The van der Waals surface area contributed by atoms with Crippen LogP contribution in [-0.4, -0.2) is 15.9 Å². The number of hydrogen-bond acceptors (Lipinski definition) is 3. The van der Waals surface area contributed by atoms with E-state index in [-0.39, 0.29) is 22.4 Å². The summed E-state index contributed by atoms with van der Waals surface area (Å²) in [6.07, 6.45) is 4.83. The topological polar surface area (TPSA) is 50.2 Å². The molecule has 0 fully saturated rings. The van der Waals surface area contributed by atoms with Crippen LogP contribution in [0.15, 0.2) is 42.8 Å². The number of aliphatic hydroxyl groups excluding tert-OH is 1. The maximum Gasteiger partial charge on any atom is 0.167 e. The molecule has 1 N–H and O–H groups in total. The highest BCUT2D eigenvalue weighted by Crippen LogP contribution is 2.47. The number of aryl methyl sites for hydroxylation is 1. The highest BCUT2D eigenvalue weighted by atomic mass is 16.3. The molecule has 0 bridgehead atoms. The lowest BCUT2D eigenvalue weighted by Gasteiger charge is -2.42. The van der Waals surface area contributed by atoms with E-state index in [0.29, 0.717) is 24.0 Å². The van der Waals surface area contributed by atoms with E-state index in [4.69, 9.17) is 0 Å². The van der Waals surface area contributed by atoms with Crippen molar-refractivity contribution in [2.45, 2.75) is 98.8 Å². The van der Waals surface area contributed by atoms with Crippen LogP contribution in [-0.2, 0) is 15.6 Å². The van der Waals surface area contributed by atoms with Crippen LogP contribution in [0.2, 0.25) is 0 Å². The molecule has 1 aromatic heterocycles. The molecule has 2 aliphatic carbocycles. The number of allylic oxidation sites excluding steroid dienone is 2. The minimum Gasteiger partial charge on any atom is -0.512 e. The lowest BCUT2D eigenvalue weighted by Crippen LogP contribution is -2.34. The van der Waals surface area contributed by atoms with Crippen LogP contribution in [0.25, 0.3) is 11.1 Å². The number of pyridine rings is 1. The summed E-state index contributed by atoms with van der Waals surface area (Å²) in [6, 6.07) is 8.42. The number of rotatable bonds is 3. The van der Waals surface area contributed by atoms with Gasteiger partial charge in [-0.3, -0.25) is 9.78 Å². The van der Waals surface area contributed by atoms with Gasteiger partial charge in [0.05, 0.1) is 11.3 Å². The quantitative estimate of drug-likeness (QED) is 0.498. The molecule has 0 aliphatic heterocycles. The number of hydrogen-bond donors (Lipinski definition) is 1. The third kappa shape index (κ3) is 5.19. The average Bonchev–Trinajstić information content (AvgIpc) is 3.17. The molecule has 0 amide bonds. The van der Waals surface area contributed by atoms with Crippen molar-refractivity contribution < 1.29 is 9.90 Å². The average molecular weight is 462 g/mol. The summed E-state index contributed by atoms with van der Waals surface area (Å²) in [5.74, 6) is 0.153. The number of aromatic nitrogens is 1. The van der Waals surface area contributed by atoms with Gasteiger partial charge in [0.25, 0.3) is 0 Å². The number of benzene rings is 1. The molecule has 184 valence electrons. The summed E-state index contributed by atoms with van der Waals surface area (Å²) in [7, 11) is 0. The first-order chi connectivity index (χ1) is 16.0. The van der Waals surface area contributed by atoms with Gasteiger partial charge in [-0.05, 0) is 65.0 Å². The van der Waals surface area contributed by atoms with E-state index in [1.54, 1.807) is 6.20 Å². The van der Waals surface area contributed by atoms with Crippen molar-refractivity contribution >= 4 is 16.9 Å². The first kappa shape index (κ1) is 27.6. The molecule has 34 heavy (non-hydrogen) atoms. The first-order valence-electron chi connectivity index (χ1n) is 12.8. The Labute approximate surface area is 207 Å². The predicted molar refractivity (Wildman–Crippen MR) is 145 cm³/mol. The summed E-state index contributed by atoms with van der Waals surface area (Å²) in [5.41, 5.74) is 8.27. The summed E-state index contributed by atoms with van der Waals surface area (Å²) < 4.78 is 0. The molecule has 1 heterocycles. The van der Waals surface area contributed by atoms with E-state index in [9.17, 15) is 9.90 Å². The van der Waals surface area contributed by atoms with Gasteiger partial charge in [-0.15, -0.1) is 0 Å². The van der Waals surface area contributed by atoms with E-state index in [2.05, 4.69) is 58.3 Å². The summed E-state index contributed by atoms with van der Waals surface area (Å²) in [4.78, 5) is 16.6. The van der Waals surface area contributed by atoms with Gasteiger partial charge in [-0.1, -0.05) is 74.1 Å². The second-order valence-electron chi connectivity index (χ2n) is 10.1. The molecule has 0 atom stereocenters. The van der Waals surface area contributed by atoms with Crippen LogP contribution in [0.5, 0.6) is 0 Å². The van der Waals surface area contributed by atoms with Crippen molar-refractivity contribution in [1.29, 1.82) is 0 Å². The third-order valence-electron chi connectivity index (χ3n) is 7.04. The summed E-state index contributed by atoms with van der Waals surface area (Å²) >= 11 is 0. The number of nitrogens with zero attached hydrogens (tertiary/aromatic N) is 1. The van der Waals surface area contributed by atoms with Gasteiger partial charge >= 0.3 is 0 Å². The Bertz CT molecular complexity index is 1090. The molecular formula is C31H43NO2. The van der Waals surface area contributed by atoms with Crippen molar-refractivity contribution in [2.24, 2.45) is 0 Å². The normalized spacial score (nSPS) is 17.7. The summed E-state index contributed by atoms with van der Waals surface area (Å²) in [5, 5.41) is 10.0. The zero-order chi connectivity index (χ0) is 25.8. The minimum atomic E-state index is -0.0174. The van der Waals surface area contributed by atoms with Gasteiger partial charge in [0, 0.05) is 30.2 Å². The number of ketones is 1. The Hall–Kier alpha value is -2.68. The maximum atomic E-state index is 12.1. The van der Waals surface area contributed by atoms with Crippen LogP contribution >= 0.6 is 0 Å². The number of aliphatic hydroxyl groups is 1. The number of Topliss-reactive ketones (excluding diaryl/α,β-unsaturated/α-hetero) is 1. The van der Waals surface area contributed by atoms with Gasteiger partial charge < -0.3 is 5.11 Å². The molecule has 2 aromatic rings. The fourth-order valence-electron chi connectivity index (χ4n) is 4.88. The van der Waals surface area contributed by atoms with Crippen LogP contribution in [0.4, 0.5) is 0 Å². The van der Waals surface area contributed by atoms with Crippen molar-refractivity contribution in [3.05, 3.63) is 76.3 Å². The molecule has 0 saturated heterocycles. The van der Waals surface area contributed by atoms with Gasteiger partial charge in [0.1, 0.15) is 5.76 Å². The molecule has 2 aliphatic rings. The monoisotopic (exact) mass is 461 g/mol. The van der Waals surface area contributed by atoms with E-state index >= 15 is 0 Å². The van der Waals surface area contributed by atoms with Crippen molar-refractivity contribution in [2.75, 3.05) is 0 Å². The highest BCUT2D eigenvalue weighted by Gasteiger charge is 2.37. The molecule has 3 nitrogen and oxygen atoms in total. The van der Waals surface area contributed by atoms with Gasteiger partial charge in [-0.2, -0.15) is 0 Å². The second kappa shape index (κ2) is 10.7. The maximum absolute atomic E-state index is 12.1. The van der Waals surface area contributed by atoms with E-state index < -0.39 is 0 Å². The fourth-order valence-corrected chi connectivity index (χ4v) is 4.88. The van der Waals surface area contributed by atoms with Crippen LogP contribution in [0.1, 0.15) is 115 Å². The Morgan fingerprint density at radius 1 is 0.941 bits per heavy atom. The Morgan fingerprint density at radius 3 is 1.97 bits per heavy atom. The Morgan fingerprint density at radius 2 is 1.50 bits per heavy atom. The standard InChI is InChI=1S/C27H31NO2.2C2H6/c1-16-13-20-21(27(5,6)12-11-26(20,3)4)14-19(16)17(2)22-8-7-18(15-28-22)25-23(29)9-10-24(25)30;2*1-2/h7-8,13-15,29H,2,9-12H2,1,3-6H3;2*1-2H3. The van der Waals surface area contributed by atoms with Crippen molar-refractivity contribution in [3.8, 4) is 0 Å². The molecular weight excluding hydrogens is 418 g/mol. The number of carbonyl (C=O) groups excluding carboxylic acids is 1. The van der Waals surface area contributed by atoms with Crippen molar-refractivity contribution in [1.82, 2.24) is 4.98 Å². The summed E-state index contributed by atoms with van der Waals surface area (Å²) in [6.45, 7) is 23.8. The van der Waals surface area contributed by atoms with Gasteiger partial charge in [-0.25, -0.2) is 0 Å². The lowest BCUT2D eigenvalue weighted by atomic mass is 9.62.